The SMILES string of the molecule is O=C(COC(=O)C[NH+](Cc1ccccc1)Cc1ccccc1)Nc1ccc(Cl)cc1. The summed E-state index contributed by atoms with van der Waals surface area (Å²) in [7, 11) is 0. The Labute approximate surface area is 181 Å². The molecule has 0 atom stereocenters. The molecule has 0 unspecified atom stereocenters. The molecule has 5 nitrogen and oxygen atoms in total. The lowest BCUT2D eigenvalue weighted by atomic mass is 10.1. The summed E-state index contributed by atoms with van der Waals surface area (Å²) in [6.07, 6.45) is 0. The maximum absolute atomic E-state index is 12.4. The molecule has 0 radical (unpaired) electrons. The van der Waals surface area contributed by atoms with Crippen LogP contribution in [0.3, 0.4) is 0 Å². The molecule has 0 saturated heterocycles. The molecule has 6 heteroatoms. The van der Waals surface area contributed by atoms with Crippen LogP contribution < -0.4 is 10.2 Å². The number of halogens is 1. The predicted octanol–water partition coefficient (Wildman–Crippen LogP) is 3.11. The maximum atomic E-state index is 12.4. The first kappa shape index (κ1) is 21.6. The number of rotatable bonds is 9. The smallest absolute Gasteiger partial charge is 0.362 e. The third-order valence-corrected chi connectivity index (χ3v) is 4.73. The highest BCUT2D eigenvalue weighted by Crippen LogP contribution is 2.13. The fourth-order valence-electron chi connectivity index (χ4n) is 3.09. The summed E-state index contributed by atoms with van der Waals surface area (Å²) in [6.45, 7) is 1.20. The van der Waals surface area contributed by atoms with Crippen molar-refractivity contribution in [1.29, 1.82) is 0 Å². The lowest BCUT2D eigenvalue weighted by Crippen LogP contribution is -3.10. The molecule has 0 heterocycles. The van der Waals surface area contributed by atoms with Crippen molar-refractivity contribution in [3.63, 3.8) is 0 Å². The van der Waals surface area contributed by atoms with Gasteiger partial charge in [0, 0.05) is 21.8 Å². The molecule has 0 spiro atoms. The van der Waals surface area contributed by atoms with Crippen molar-refractivity contribution in [1.82, 2.24) is 0 Å². The quantitative estimate of drug-likeness (QED) is 0.520. The first-order chi connectivity index (χ1) is 14.6. The van der Waals surface area contributed by atoms with E-state index in [1.807, 2.05) is 60.7 Å². The van der Waals surface area contributed by atoms with Gasteiger partial charge in [-0.25, -0.2) is 4.79 Å². The third-order valence-electron chi connectivity index (χ3n) is 4.48. The van der Waals surface area contributed by atoms with Crippen molar-refractivity contribution in [2.75, 3.05) is 18.5 Å². The highest BCUT2D eigenvalue weighted by atomic mass is 35.5. The van der Waals surface area contributed by atoms with Crippen LogP contribution in [0.5, 0.6) is 0 Å². The van der Waals surface area contributed by atoms with Gasteiger partial charge in [-0.05, 0) is 24.3 Å². The summed E-state index contributed by atoms with van der Waals surface area (Å²) in [6, 6.07) is 26.7. The van der Waals surface area contributed by atoms with Crippen molar-refractivity contribution in [3.05, 3.63) is 101 Å². The molecule has 0 aliphatic heterocycles. The van der Waals surface area contributed by atoms with Gasteiger partial charge >= 0.3 is 5.97 Å². The number of benzene rings is 3. The number of esters is 1. The highest BCUT2D eigenvalue weighted by Gasteiger charge is 2.18. The van der Waals surface area contributed by atoms with Gasteiger partial charge in [0.1, 0.15) is 13.1 Å². The molecule has 154 valence electrons. The molecule has 0 aliphatic carbocycles. The van der Waals surface area contributed by atoms with E-state index < -0.39 is 11.9 Å². The van der Waals surface area contributed by atoms with Gasteiger partial charge < -0.3 is 15.0 Å². The Morgan fingerprint density at radius 2 is 1.33 bits per heavy atom. The van der Waals surface area contributed by atoms with Gasteiger partial charge in [0.2, 0.25) is 0 Å². The number of anilines is 1. The molecule has 0 saturated carbocycles. The van der Waals surface area contributed by atoms with E-state index in [2.05, 4.69) is 5.32 Å². The zero-order valence-electron chi connectivity index (χ0n) is 16.5. The van der Waals surface area contributed by atoms with Crippen molar-refractivity contribution in [2.45, 2.75) is 13.1 Å². The lowest BCUT2D eigenvalue weighted by molar-refractivity contribution is -0.920. The molecular weight excluding hydrogens is 400 g/mol. The van der Waals surface area contributed by atoms with E-state index >= 15 is 0 Å². The number of quaternary nitrogens is 1. The molecule has 30 heavy (non-hydrogen) atoms. The second-order valence-corrected chi connectivity index (χ2v) is 7.40. The van der Waals surface area contributed by atoms with Crippen LogP contribution in [-0.4, -0.2) is 25.0 Å². The number of amides is 1. The van der Waals surface area contributed by atoms with Crippen molar-refractivity contribution < 1.29 is 19.2 Å². The summed E-state index contributed by atoms with van der Waals surface area (Å²) >= 11 is 5.83. The van der Waals surface area contributed by atoms with Gasteiger partial charge in [-0.3, -0.25) is 4.79 Å². The number of carbonyl (C=O) groups is 2. The van der Waals surface area contributed by atoms with Crippen LogP contribution in [-0.2, 0) is 27.4 Å². The highest BCUT2D eigenvalue weighted by molar-refractivity contribution is 6.30. The largest absolute Gasteiger partial charge is 0.451 e. The fraction of sp³-hybridized carbons (Fsp3) is 0.167. The summed E-state index contributed by atoms with van der Waals surface area (Å²) in [5, 5.41) is 3.26. The molecule has 3 aromatic carbocycles. The van der Waals surface area contributed by atoms with Crippen LogP contribution in [0.25, 0.3) is 0 Å². The fourth-order valence-corrected chi connectivity index (χ4v) is 3.21. The average Bonchev–Trinajstić information content (AvgIpc) is 2.75. The number of nitrogens with one attached hydrogen (secondary N) is 2. The number of hydrogen-bond donors (Lipinski definition) is 2. The van der Waals surface area contributed by atoms with Gasteiger partial charge in [-0.15, -0.1) is 0 Å². The Morgan fingerprint density at radius 3 is 1.87 bits per heavy atom. The Kier molecular flexibility index (Phi) is 8.01. The van der Waals surface area contributed by atoms with E-state index in [0.717, 1.165) is 16.0 Å². The van der Waals surface area contributed by atoms with Gasteiger partial charge in [0.25, 0.3) is 5.91 Å². The van der Waals surface area contributed by atoms with E-state index in [0.29, 0.717) is 23.8 Å². The molecule has 0 bridgehead atoms. The lowest BCUT2D eigenvalue weighted by Gasteiger charge is -2.19. The van der Waals surface area contributed by atoms with Crippen molar-refractivity contribution in [2.24, 2.45) is 0 Å². The summed E-state index contributed by atoms with van der Waals surface area (Å²) < 4.78 is 5.21. The molecule has 0 fully saturated rings. The van der Waals surface area contributed by atoms with E-state index in [1.165, 1.54) is 0 Å². The second kappa shape index (κ2) is 11.1. The summed E-state index contributed by atoms with van der Waals surface area (Å²) in [5.74, 6) is -0.804. The minimum absolute atomic E-state index is 0.165. The molecule has 2 N–H and O–H groups in total. The summed E-state index contributed by atoms with van der Waals surface area (Å²) in [5.41, 5.74) is 2.87. The van der Waals surface area contributed by atoms with Gasteiger partial charge in [0.05, 0.1) is 0 Å². The summed E-state index contributed by atoms with van der Waals surface area (Å²) in [4.78, 5) is 25.5. The first-order valence-corrected chi connectivity index (χ1v) is 10.1. The molecule has 3 aromatic rings. The number of carbonyl (C=O) groups excluding carboxylic acids is 2. The average molecular weight is 424 g/mol. The van der Waals surface area contributed by atoms with Crippen LogP contribution >= 0.6 is 11.6 Å². The van der Waals surface area contributed by atoms with Crippen LogP contribution in [0.1, 0.15) is 11.1 Å². The maximum Gasteiger partial charge on any atom is 0.362 e. The van der Waals surface area contributed by atoms with Crippen LogP contribution in [0, 0.1) is 0 Å². The molecule has 1 amide bonds. The zero-order valence-corrected chi connectivity index (χ0v) is 17.3. The van der Waals surface area contributed by atoms with E-state index in [1.54, 1.807) is 24.3 Å². The Hall–Kier alpha value is -3.15. The zero-order chi connectivity index (χ0) is 21.2. The van der Waals surface area contributed by atoms with Gasteiger partial charge in [-0.2, -0.15) is 0 Å². The van der Waals surface area contributed by atoms with E-state index in [-0.39, 0.29) is 13.2 Å². The van der Waals surface area contributed by atoms with E-state index in [9.17, 15) is 9.59 Å². The monoisotopic (exact) mass is 423 g/mol. The Balaban J connectivity index is 1.54. The molecule has 0 aromatic heterocycles. The third kappa shape index (κ3) is 7.35. The van der Waals surface area contributed by atoms with E-state index in [4.69, 9.17) is 16.3 Å². The first-order valence-electron chi connectivity index (χ1n) is 9.71. The van der Waals surface area contributed by atoms with Gasteiger partial charge in [-0.1, -0.05) is 72.3 Å². The Bertz CT molecular complexity index is 906. The van der Waals surface area contributed by atoms with Crippen molar-refractivity contribution >= 4 is 29.2 Å². The minimum atomic E-state index is -0.414. The normalized spacial score (nSPS) is 10.6. The van der Waals surface area contributed by atoms with Crippen LogP contribution in [0.4, 0.5) is 5.69 Å². The standard InChI is InChI=1S/C24H23ClN2O3/c25-21-11-13-22(14-12-21)26-23(28)18-30-24(29)17-27(15-19-7-3-1-4-8-19)16-20-9-5-2-6-10-20/h1-14H,15-18H2,(H,26,28)/p+1. The minimum Gasteiger partial charge on any atom is -0.451 e. The van der Waals surface area contributed by atoms with Crippen molar-refractivity contribution in [3.8, 4) is 0 Å². The predicted molar refractivity (Wildman–Crippen MR) is 117 cm³/mol. The Morgan fingerprint density at radius 1 is 0.800 bits per heavy atom. The number of ether oxygens (including phenoxy) is 1. The second-order valence-electron chi connectivity index (χ2n) is 6.97. The molecule has 0 aliphatic rings. The molecule has 3 rings (SSSR count). The molecular formula is C24H24ClN2O3+. The number of hydrogen-bond acceptors (Lipinski definition) is 3. The van der Waals surface area contributed by atoms with Gasteiger partial charge in [0.15, 0.2) is 13.2 Å². The topological polar surface area (TPSA) is 59.8 Å². The van der Waals surface area contributed by atoms with Crippen LogP contribution in [0.2, 0.25) is 5.02 Å². The van der Waals surface area contributed by atoms with Crippen LogP contribution in [0.15, 0.2) is 84.9 Å².